The maximum atomic E-state index is 13.7. The Morgan fingerprint density at radius 2 is 2.06 bits per heavy atom. The Kier molecular flexibility index (Phi) is 7.96. The van der Waals surface area contributed by atoms with Crippen molar-refractivity contribution in [3.8, 4) is 0 Å². The third kappa shape index (κ3) is 5.95. The van der Waals surface area contributed by atoms with Gasteiger partial charge in [0.15, 0.2) is 5.13 Å². The van der Waals surface area contributed by atoms with Gasteiger partial charge < -0.3 is 15.1 Å². The molecule has 0 bridgehead atoms. The topological polar surface area (TPSA) is 82.6 Å². The van der Waals surface area contributed by atoms with E-state index in [1.807, 2.05) is 17.9 Å². The second-order valence-electron chi connectivity index (χ2n) is 9.17. The zero-order chi connectivity index (χ0) is 25.1. The van der Waals surface area contributed by atoms with Crippen molar-refractivity contribution in [3.63, 3.8) is 0 Å². The summed E-state index contributed by atoms with van der Waals surface area (Å²) in [6.45, 7) is 11.4. The average Bonchev–Trinajstić information content (AvgIpc) is 3.64. The van der Waals surface area contributed by atoms with Crippen LogP contribution in [0.25, 0.3) is 0 Å². The van der Waals surface area contributed by atoms with Gasteiger partial charge in [0.25, 0.3) is 5.91 Å². The van der Waals surface area contributed by atoms with E-state index >= 15 is 0 Å². The number of nitrogens with one attached hydrogen (secondary N) is 1. The lowest BCUT2D eigenvalue weighted by Gasteiger charge is -2.28. The van der Waals surface area contributed by atoms with Gasteiger partial charge in [-0.3, -0.25) is 14.4 Å². The number of amides is 3. The van der Waals surface area contributed by atoms with Crippen molar-refractivity contribution in [3.05, 3.63) is 47.7 Å². The third-order valence-corrected chi connectivity index (χ3v) is 8.65. The van der Waals surface area contributed by atoms with E-state index in [2.05, 4.69) is 36.8 Å². The maximum Gasteiger partial charge on any atom is 0.254 e. The van der Waals surface area contributed by atoms with Gasteiger partial charge in [0.1, 0.15) is 0 Å². The number of thiazole rings is 1. The predicted octanol–water partition coefficient (Wildman–Crippen LogP) is 4.76. The van der Waals surface area contributed by atoms with Crippen LogP contribution in [0.1, 0.15) is 54.6 Å². The van der Waals surface area contributed by atoms with Gasteiger partial charge in [0, 0.05) is 42.1 Å². The molecule has 0 unspecified atom stereocenters. The standard InChI is InChI=1S/C26H32N4O3S2/c1-5-18-12-16(3)21(34-23-14-27-26(35-23)28-24(32)19-8-9-19)13-20(18)25(33)29-10-7-11-30(17(4)15-29)22(31)6-2/h6,12-14,17,19H,2,5,7-11,15H2,1,3-4H3,(H,27,28,32)/t17-/m0/s1. The van der Waals surface area contributed by atoms with E-state index in [0.29, 0.717) is 30.3 Å². The van der Waals surface area contributed by atoms with E-state index in [-0.39, 0.29) is 29.7 Å². The number of rotatable bonds is 7. The van der Waals surface area contributed by atoms with Crippen LogP contribution in [0.2, 0.25) is 0 Å². The van der Waals surface area contributed by atoms with Crippen LogP contribution in [0.15, 0.2) is 40.1 Å². The van der Waals surface area contributed by atoms with E-state index in [4.69, 9.17) is 0 Å². The Morgan fingerprint density at radius 1 is 1.29 bits per heavy atom. The Morgan fingerprint density at radius 3 is 2.74 bits per heavy atom. The summed E-state index contributed by atoms with van der Waals surface area (Å²) < 4.78 is 0.962. The van der Waals surface area contributed by atoms with Gasteiger partial charge in [-0.1, -0.05) is 42.7 Å². The predicted molar refractivity (Wildman–Crippen MR) is 140 cm³/mol. The fraction of sp³-hybridized carbons (Fsp3) is 0.462. The molecule has 7 nitrogen and oxygen atoms in total. The number of hydrogen-bond acceptors (Lipinski definition) is 6. The van der Waals surface area contributed by atoms with Crippen molar-refractivity contribution >= 4 is 46.0 Å². The summed E-state index contributed by atoms with van der Waals surface area (Å²) in [6, 6.07) is 4.02. The number of hydrogen-bond donors (Lipinski definition) is 1. The van der Waals surface area contributed by atoms with Crippen molar-refractivity contribution in [1.29, 1.82) is 0 Å². The average molecular weight is 513 g/mol. The van der Waals surface area contributed by atoms with E-state index in [1.165, 1.54) is 17.4 Å². The largest absolute Gasteiger partial charge is 0.337 e. The minimum absolute atomic E-state index is 0.00476. The highest BCUT2D eigenvalue weighted by atomic mass is 32.2. The van der Waals surface area contributed by atoms with Gasteiger partial charge in [-0.15, -0.1) is 0 Å². The highest BCUT2D eigenvalue weighted by molar-refractivity contribution is 8.01. The molecule has 2 aromatic rings. The molecule has 1 atom stereocenters. The van der Waals surface area contributed by atoms with E-state index in [9.17, 15) is 14.4 Å². The first-order valence-electron chi connectivity index (χ1n) is 12.1. The fourth-order valence-electron chi connectivity index (χ4n) is 4.34. The number of carbonyl (C=O) groups excluding carboxylic acids is 3. The lowest BCUT2D eigenvalue weighted by molar-refractivity contribution is -0.127. The molecular weight excluding hydrogens is 480 g/mol. The fourth-order valence-corrected chi connectivity index (χ4v) is 6.28. The smallest absolute Gasteiger partial charge is 0.254 e. The SMILES string of the molecule is C=CC(=O)N1CCCN(C(=O)c2cc(Sc3cnc(NC(=O)C4CC4)s3)c(C)cc2CC)C[C@@H]1C. The van der Waals surface area contributed by atoms with Crippen LogP contribution in [0.3, 0.4) is 0 Å². The summed E-state index contributed by atoms with van der Waals surface area (Å²) in [4.78, 5) is 46.9. The van der Waals surface area contributed by atoms with Crippen molar-refractivity contribution < 1.29 is 14.4 Å². The summed E-state index contributed by atoms with van der Waals surface area (Å²) in [5.41, 5.74) is 2.84. The molecule has 3 amide bonds. The zero-order valence-electron chi connectivity index (χ0n) is 20.5. The summed E-state index contributed by atoms with van der Waals surface area (Å²) in [6.07, 6.45) is 6.52. The molecule has 2 heterocycles. The van der Waals surface area contributed by atoms with Crippen LogP contribution in [0.4, 0.5) is 5.13 Å². The summed E-state index contributed by atoms with van der Waals surface area (Å²) in [5, 5.41) is 3.51. The molecule has 1 saturated heterocycles. The molecule has 2 fully saturated rings. The number of aryl methyl sites for hydroxylation is 2. The molecule has 9 heteroatoms. The van der Waals surface area contributed by atoms with E-state index in [1.54, 1.807) is 22.9 Å². The summed E-state index contributed by atoms with van der Waals surface area (Å²) >= 11 is 3.01. The Bertz CT molecular complexity index is 1140. The minimum atomic E-state index is -0.0904. The molecule has 1 aliphatic carbocycles. The normalized spacial score (nSPS) is 18.2. The maximum absolute atomic E-state index is 13.7. The molecule has 0 radical (unpaired) electrons. The van der Waals surface area contributed by atoms with Gasteiger partial charge in [-0.05, 0) is 62.8 Å². The number of nitrogens with zero attached hydrogens (tertiary/aromatic N) is 3. The van der Waals surface area contributed by atoms with Gasteiger partial charge in [0.05, 0.1) is 10.4 Å². The van der Waals surface area contributed by atoms with Crippen LogP contribution in [-0.2, 0) is 16.0 Å². The monoisotopic (exact) mass is 512 g/mol. The molecule has 1 aromatic carbocycles. The van der Waals surface area contributed by atoms with Crippen LogP contribution in [0.5, 0.6) is 0 Å². The Hall–Kier alpha value is -2.65. The number of carbonyl (C=O) groups is 3. The van der Waals surface area contributed by atoms with Crippen molar-refractivity contribution in [2.75, 3.05) is 25.0 Å². The molecule has 2 aliphatic rings. The van der Waals surface area contributed by atoms with Crippen molar-refractivity contribution in [2.24, 2.45) is 5.92 Å². The highest BCUT2D eigenvalue weighted by Crippen LogP contribution is 2.38. The van der Waals surface area contributed by atoms with Crippen LogP contribution >= 0.6 is 23.1 Å². The molecular formula is C26H32N4O3S2. The zero-order valence-corrected chi connectivity index (χ0v) is 22.1. The lowest BCUT2D eigenvalue weighted by atomic mass is 10.0. The highest BCUT2D eigenvalue weighted by Gasteiger charge is 2.30. The quantitative estimate of drug-likeness (QED) is 0.541. The molecule has 35 heavy (non-hydrogen) atoms. The van der Waals surface area contributed by atoms with Gasteiger partial charge in [-0.2, -0.15) is 0 Å². The molecule has 4 rings (SSSR count). The second-order valence-corrected chi connectivity index (χ2v) is 11.5. The molecule has 0 spiro atoms. The third-order valence-electron chi connectivity index (χ3n) is 6.47. The molecule has 1 aromatic heterocycles. The minimum Gasteiger partial charge on any atom is -0.337 e. The van der Waals surface area contributed by atoms with Crippen LogP contribution < -0.4 is 5.32 Å². The van der Waals surface area contributed by atoms with Crippen molar-refractivity contribution in [2.45, 2.75) is 61.6 Å². The van der Waals surface area contributed by atoms with E-state index in [0.717, 1.165) is 45.9 Å². The van der Waals surface area contributed by atoms with E-state index < -0.39 is 0 Å². The van der Waals surface area contributed by atoms with Crippen molar-refractivity contribution in [1.82, 2.24) is 14.8 Å². The summed E-state index contributed by atoms with van der Waals surface area (Å²) in [5.74, 6) is 0.0980. The number of benzene rings is 1. The molecule has 1 N–H and O–H groups in total. The Balaban J connectivity index is 1.52. The first kappa shape index (κ1) is 25.4. The van der Waals surface area contributed by atoms with Gasteiger partial charge in [-0.25, -0.2) is 4.98 Å². The second kappa shape index (κ2) is 11.0. The summed E-state index contributed by atoms with van der Waals surface area (Å²) in [7, 11) is 0. The first-order chi connectivity index (χ1) is 16.8. The van der Waals surface area contributed by atoms with Crippen LogP contribution in [0, 0.1) is 12.8 Å². The molecule has 186 valence electrons. The Labute approximate surface area is 215 Å². The number of anilines is 1. The molecule has 1 saturated carbocycles. The van der Waals surface area contributed by atoms with Gasteiger partial charge in [0.2, 0.25) is 11.8 Å². The first-order valence-corrected chi connectivity index (χ1v) is 13.7. The number of aromatic nitrogens is 1. The van der Waals surface area contributed by atoms with Gasteiger partial charge >= 0.3 is 0 Å². The van der Waals surface area contributed by atoms with Crippen LogP contribution in [-0.4, -0.2) is 58.2 Å². The molecule has 1 aliphatic heterocycles. The lowest BCUT2D eigenvalue weighted by Crippen LogP contribution is -2.43.